The fraction of sp³-hybridized carbons (Fsp3) is 0.240. The quantitative estimate of drug-likeness (QED) is 0.410. The molecule has 1 aliphatic heterocycles. The molecule has 2 aromatic heterocycles. The van der Waals surface area contributed by atoms with E-state index in [0.717, 1.165) is 51.6 Å². The number of fused-ring (bicyclic) bond motifs is 1. The minimum atomic E-state index is -0.257. The molecule has 0 bridgehead atoms. The number of likely N-dealkylation sites (tertiary alicyclic amines) is 1. The lowest BCUT2D eigenvalue weighted by Gasteiger charge is -2.32. The first kappa shape index (κ1) is 19.8. The summed E-state index contributed by atoms with van der Waals surface area (Å²) in [6.45, 7) is 3.38. The van der Waals surface area contributed by atoms with Crippen LogP contribution < -0.4 is 0 Å². The molecule has 6 heteroatoms. The second-order valence-corrected chi connectivity index (χ2v) is 9.20. The van der Waals surface area contributed by atoms with Gasteiger partial charge in [-0.2, -0.15) is 0 Å². The Bertz CT molecular complexity index is 1250. The number of carbonyl (C=O) groups is 1. The van der Waals surface area contributed by atoms with E-state index < -0.39 is 0 Å². The summed E-state index contributed by atoms with van der Waals surface area (Å²) >= 11 is 1.64. The van der Waals surface area contributed by atoms with Gasteiger partial charge in [0.25, 0.3) is 5.91 Å². The van der Waals surface area contributed by atoms with Gasteiger partial charge in [0.2, 0.25) is 0 Å². The normalized spacial score (nSPS) is 16.6. The third-order valence-corrected chi connectivity index (χ3v) is 6.73. The number of rotatable bonds is 3. The Labute approximate surface area is 184 Å². The highest BCUT2D eigenvalue weighted by molar-refractivity contribution is 7.18. The molecule has 1 aliphatic rings. The molecule has 4 aromatic rings. The topological polar surface area (TPSA) is 46.1 Å². The third kappa shape index (κ3) is 4.08. The van der Waals surface area contributed by atoms with Gasteiger partial charge >= 0.3 is 0 Å². The number of benzene rings is 2. The molecule has 0 spiro atoms. The summed E-state index contributed by atoms with van der Waals surface area (Å²) in [5, 5.41) is 1.00. The largest absolute Gasteiger partial charge is 0.338 e. The van der Waals surface area contributed by atoms with Crippen molar-refractivity contribution in [3.8, 4) is 11.3 Å². The summed E-state index contributed by atoms with van der Waals surface area (Å²) in [7, 11) is 0. The summed E-state index contributed by atoms with van der Waals surface area (Å²) in [4.78, 5) is 24.5. The Hall–Kier alpha value is -3.12. The number of aryl methyl sites for hydroxylation is 1. The van der Waals surface area contributed by atoms with Crippen LogP contribution in [0, 0.1) is 12.7 Å². The first-order valence-corrected chi connectivity index (χ1v) is 11.3. The van der Waals surface area contributed by atoms with Gasteiger partial charge < -0.3 is 4.90 Å². The molecule has 1 fully saturated rings. The van der Waals surface area contributed by atoms with Crippen molar-refractivity contribution in [2.24, 2.45) is 0 Å². The van der Waals surface area contributed by atoms with Crippen LogP contribution in [0.1, 0.15) is 39.8 Å². The number of thiazole rings is 1. The van der Waals surface area contributed by atoms with Crippen molar-refractivity contribution in [1.82, 2.24) is 14.9 Å². The number of piperidine rings is 1. The average molecular weight is 432 g/mol. The van der Waals surface area contributed by atoms with E-state index in [-0.39, 0.29) is 17.6 Å². The van der Waals surface area contributed by atoms with Crippen molar-refractivity contribution in [1.29, 1.82) is 0 Å². The molecule has 0 aliphatic carbocycles. The second-order valence-electron chi connectivity index (χ2n) is 7.96. The van der Waals surface area contributed by atoms with Gasteiger partial charge in [-0.15, -0.1) is 11.3 Å². The number of amides is 1. The van der Waals surface area contributed by atoms with Crippen LogP contribution in [-0.2, 0) is 0 Å². The van der Waals surface area contributed by atoms with E-state index in [1.165, 1.54) is 12.1 Å². The van der Waals surface area contributed by atoms with Gasteiger partial charge in [0.1, 0.15) is 5.82 Å². The van der Waals surface area contributed by atoms with Gasteiger partial charge in [0.15, 0.2) is 0 Å². The number of carbonyl (C=O) groups excluding carboxylic acids is 1. The lowest BCUT2D eigenvalue weighted by atomic mass is 9.93. The summed E-state index contributed by atoms with van der Waals surface area (Å²) in [5.74, 6) is -0.0253. The number of aromatic nitrogens is 2. The van der Waals surface area contributed by atoms with Crippen LogP contribution in [0.4, 0.5) is 4.39 Å². The van der Waals surface area contributed by atoms with Crippen LogP contribution in [0.15, 0.2) is 60.7 Å². The predicted octanol–water partition coefficient (Wildman–Crippen LogP) is 5.83. The van der Waals surface area contributed by atoms with E-state index in [0.29, 0.717) is 12.1 Å². The van der Waals surface area contributed by atoms with Crippen molar-refractivity contribution in [2.45, 2.75) is 25.7 Å². The van der Waals surface area contributed by atoms with Gasteiger partial charge in [-0.05, 0) is 74.4 Å². The zero-order valence-corrected chi connectivity index (χ0v) is 18.0. The first-order valence-electron chi connectivity index (χ1n) is 10.5. The van der Waals surface area contributed by atoms with Crippen LogP contribution in [0.5, 0.6) is 0 Å². The van der Waals surface area contributed by atoms with Crippen LogP contribution in [-0.4, -0.2) is 33.9 Å². The maximum atomic E-state index is 13.3. The summed E-state index contributed by atoms with van der Waals surface area (Å²) in [6.07, 6.45) is 1.94. The lowest BCUT2D eigenvalue weighted by Crippen LogP contribution is -2.39. The molecule has 2 aromatic carbocycles. The highest BCUT2D eigenvalue weighted by Crippen LogP contribution is 2.29. The van der Waals surface area contributed by atoms with E-state index in [1.54, 1.807) is 23.5 Å². The van der Waals surface area contributed by atoms with Crippen molar-refractivity contribution in [3.63, 3.8) is 0 Å². The van der Waals surface area contributed by atoms with Crippen molar-refractivity contribution in [3.05, 3.63) is 82.7 Å². The zero-order chi connectivity index (χ0) is 21.4. The Morgan fingerprint density at radius 3 is 2.77 bits per heavy atom. The van der Waals surface area contributed by atoms with E-state index in [9.17, 15) is 9.18 Å². The lowest BCUT2D eigenvalue weighted by molar-refractivity contribution is 0.0706. The molecule has 0 unspecified atom stereocenters. The third-order valence-electron chi connectivity index (χ3n) is 5.78. The Morgan fingerprint density at radius 1 is 1.10 bits per heavy atom. The predicted molar refractivity (Wildman–Crippen MR) is 122 cm³/mol. The van der Waals surface area contributed by atoms with E-state index >= 15 is 0 Å². The fourth-order valence-corrected chi connectivity index (χ4v) is 5.03. The monoisotopic (exact) mass is 431 g/mol. The molecule has 5 rings (SSSR count). The van der Waals surface area contributed by atoms with E-state index in [1.807, 2.05) is 48.2 Å². The molecular weight excluding hydrogens is 409 g/mol. The number of hydrogen-bond donors (Lipinski definition) is 0. The SMILES string of the molecule is Cc1nc2cc(C(=O)N3CCC[C@@H](c4cccc(-c5ccc(F)cc5)n4)C3)ccc2s1. The molecule has 1 atom stereocenters. The molecule has 4 nitrogen and oxygen atoms in total. The van der Waals surface area contributed by atoms with Crippen molar-refractivity contribution < 1.29 is 9.18 Å². The minimum absolute atomic E-state index is 0.0481. The van der Waals surface area contributed by atoms with Gasteiger partial charge in [-0.3, -0.25) is 9.78 Å². The van der Waals surface area contributed by atoms with Gasteiger partial charge in [0, 0.05) is 35.8 Å². The number of pyridine rings is 1. The maximum Gasteiger partial charge on any atom is 0.253 e. The van der Waals surface area contributed by atoms with E-state index in [2.05, 4.69) is 4.98 Å². The standard InChI is InChI=1S/C25H22FN3OS/c1-16-27-23-14-18(9-12-24(23)31-16)25(30)29-13-3-4-19(15-29)22-6-2-5-21(28-22)17-7-10-20(26)11-8-17/h2,5-12,14,19H,3-4,13,15H2,1H3/t19-/m1/s1. The Morgan fingerprint density at radius 2 is 1.94 bits per heavy atom. The molecule has 1 amide bonds. The Kier molecular flexibility index (Phi) is 5.24. The minimum Gasteiger partial charge on any atom is -0.338 e. The Balaban J connectivity index is 1.36. The summed E-state index contributed by atoms with van der Waals surface area (Å²) < 4.78 is 14.4. The van der Waals surface area contributed by atoms with Crippen molar-refractivity contribution >= 4 is 27.5 Å². The molecule has 0 N–H and O–H groups in total. The molecule has 0 radical (unpaired) electrons. The number of nitrogens with zero attached hydrogens (tertiary/aromatic N) is 3. The molecular formula is C25H22FN3OS. The summed E-state index contributed by atoms with van der Waals surface area (Å²) in [5.41, 5.74) is 4.26. The fourth-order valence-electron chi connectivity index (χ4n) is 4.22. The molecule has 3 heterocycles. The van der Waals surface area contributed by atoms with Crippen LogP contribution in [0.3, 0.4) is 0 Å². The average Bonchev–Trinajstić information content (AvgIpc) is 3.18. The maximum absolute atomic E-state index is 13.3. The van der Waals surface area contributed by atoms with Crippen molar-refractivity contribution in [2.75, 3.05) is 13.1 Å². The second kappa shape index (κ2) is 8.19. The van der Waals surface area contributed by atoms with Crippen LogP contribution in [0.25, 0.3) is 21.5 Å². The van der Waals surface area contributed by atoms with E-state index in [4.69, 9.17) is 4.98 Å². The molecule has 0 saturated carbocycles. The highest BCUT2D eigenvalue weighted by Gasteiger charge is 2.26. The zero-order valence-electron chi connectivity index (χ0n) is 17.2. The van der Waals surface area contributed by atoms with Gasteiger partial charge in [-0.1, -0.05) is 6.07 Å². The number of hydrogen-bond acceptors (Lipinski definition) is 4. The highest BCUT2D eigenvalue weighted by atomic mass is 32.1. The molecule has 156 valence electrons. The van der Waals surface area contributed by atoms with Crippen LogP contribution >= 0.6 is 11.3 Å². The molecule has 1 saturated heterocycles. The summed E-state index contributed by atoms with van der Waals surface area (Å²) in [6, 6.07) is 18.1. The van der Waals surface area contributed by atoms with Gasteiger partial charge in [-0.25, -0.2) is 9.37 Å². The smallest absolute Gasteiger partial charge is 0.253 e. The molecule has 31 heavy (non-hydrogen) atoms. The first-order chi connectivity index (χ1) is 15.1. The number of halogens is 1. The van der Waals surface area contributed by atoms with Crippen LogP contribution in [0.2, 0.25) is 0 Å². The van der Waals surface area contributed by atoms with Gasteiger partial charge in [0.05, 0.1) is 20.9 Å².